The van der Waals surface area contributed by atoms with Crippen molar-refractivity contribution in [3.8, 4) is 0 Å². The van der Waals surface area contributed by atoms with Gasteiger partial charge in [-0.25, -0.2) is 4.39 Å². The van der Waals surface area contributed by atoms with Gasteiger partial charge in [0.25, 0.3) is 0 Å². The van der Waals surface area contributed by atoms with Gasteiger partial charge in [-0.15, -0.1) is 0 Å². The second kappa shape index (κ2) is 6.38. The molecule has 0 fully saturated rings. The third-order valence-electron chi connectivity index (χ3n) is 1.77. The Kier molecular flexibility index (Phi) is 6.30. The van der Waals surface area contributed by atoms with Crippen LogP contribution in [-0.4, -0.2) is 25.4 Å². The van der Waals surface area contributed by atoms with E-state index in [1.807, 2.05) is 13.8 Å². The van der Waals surface area contributed by atoms with Gasteiger partial charge < -0.3 is 10.5 Å². The van der Waals surface area contributed by atoms with Crippen LogP contribution < -0.4 is 5.73 Å². The summed E-state index contributed by atoms with van der Waals surface area (Å²) in [6, 6.07) is 0. The maximum atomic E-state index is 13.6. The molecule has 0 aliphatic heterocycles. The van der Waals surface area contributed by atoms with Crippen molar-refractivity contribution in [3.05, 3.63) is 0 Å². The standard InChI is InChI=1S/C9H20FNO/c1-3-5-9(10,7-11)8-12-6-4-2/h3-8,11H2,1-2H3. The molecular weight excluding hydrogens is 157 g/mol. The van der Waals surface area contributed by atoms with Gasteiger partial charge in [0.1, 0.15) is 5.67 Å². The van der Waals surface area contributed by atoms with E-state index in [1.54, 1.807) is 0 Å². The van der Waals surface area contributed by atoms with Crippen molar-refractivity contribution in [1.29, 1.82) is 0 Å². The van der Waals surface area contributed by atoms with E-state index in [0.717, 1.165) is 12.8 Å². The van der Waals surface area contributed by atoms with Crippen molar-refractivity contribution in [1.82, 2.24) is 0 Å². The van der Waals surface area contributed by atoms with Gasteiger partial charge in [-0.1, -0.05) is 20.3 Å². The molecule has 0 rings (SSSR count). The zero-order valence-electron chi connectivity index (χ0n) is 8.11. The summed E-state index contributed by atoms with van der Waals surface area (Å²) in [6.07, 6.45) is 2.23. The third kappa shape index (κ3) is 4.67. The minimum absolute atomic E-state index is 0.0601. The highest BCUT2D eigenvalue weighted by Gasteiger charge is 2.26. The topological polar surface area (TPSA) is 35.2 Å². The highest BCUT2D eigenvalue weighted by molar-refractivity contribution is 4.79. The smallest absolute Gasteiger partial charge is 0.146 e. The summed E-state index contributed by atoms with van der Waals surface area (Å²) < 4.78 is 18.7. The van der Waals surface area contributed by atoms with Gasteiger partial charge in [-0.2, -0.15) is 0 Å². The van der Waals surface area contributed by atoms with Crippen molar-refractivity contribution < 1.29 is 9.13 Å². The highest BCUT2D eigenvalue weighted by atomic mass is 19.1. The molecule has 3 heteroatoms. The Bertz CT molecular complexity index is 111. The number of halogens is 1. The zero-order chi connectivity index (χ0) is 9.45. The molecular formula is C9H20FNO. The average molecular weight is 177 g/mol. The summed E-state index contributed by atoms with van der Waals surface area (Å²) in [6.45, 7) is 4.77. The summed E-state index contributed by atoms with van der Waals surface area (Å²) in [5.74, 6) is 0. The second-order valence-corrected chi connectivity index (χ2v) is 3.16. The Morgan fingerprint density at radius 1 is 1.33 bits per heavy atom. The number of alkyl halides is 1. The van der Waals surface area contributed by atoms with E-state index in [2.05, 4.69) is 0 Å². The van der Waals surface area contributed by atoms with Crippen LogP contribution in [-0.2, 0) is 4.74 Å². The normalized spacial score (nSPS) is 16.0. The van der Waals surface area contributed by atoms with E-state index in [0.29, 0.717) is 13.0 Å². The van der Waals surface area contributed by atoms with Crippen molar-refractivity contribution >= 4 is 0 Å². The van der Waals surface area contributed by atoms with Crippen LogP contribution >= 0.6 is 0 Å². The van der Waals surface area contributed by atoms with Gasteiger partial charge in [0, 0.05) is 13.2 Å². The summed E-state index contributed by atoms with van der Waals surface area (Å²) >= 11 is 0. The lowest BCUT2D eigenvalue weighted by Gasteiger charge is -2.22. The summed E-state index contributed by atoms with van der Waals surface area (Å²) in [5.41, 5.74) is 4.02. The monoisotopic (exact) mass is 177 g/mol. The van der Waals surface area contributed by atoms with Crippen LogP contribution in [0.25, 0.3) is 0 Å². The maximum absolute atomic E-state index is 13.6. The Balaban J connectivity index is 3.63. The number of rotatable bonds is 7. The number of nitrogens with two attached hydrogens (primary N) is 1. The first-order chi connectivity index (χ1) is 5.68. The quantitative estimate of drug-likeness (QED) is 0.603. The lowest BCUT2D eigenvalue weighted by atomic mass is 10.0. The summed E-state index contributed by atoms with van der Waals surface area (Å²) in [7, 11) is 0. The fourth-order valence-corrected chi connectivity index (χ4v) is 1.08. The molecule has 0 aromatic heterocycles. The van der Waals surface area contributed by atoms with Crippen molar-refractivity contribution in [2.45, 2.75) is 38.8 Å². The van der Waals surface area contributed by atoms with Gasteiger partial charge in [0.05, 0.1) is 6.61 Å². The molecule has 0 spiro atoms. The average Bonchev–Trinajstić information content (AvgIpc) is 2.06. The van der Waals surface area contributed by atoms with Gasteiger partial charge in [0.2, 0.25) is 0 Å². The molecule has 0 saturated heterocycles. The van der Waals surface area contributed by atoms with Crippen LogP contribution in [0.4, 0.5) is 4.39 Å². The van der Waals surface area contributed by atoms with E-state index in [1.165, 1.54) is 0 Å². The van der Waals surface area contributed by atoms with Crippen molar-refractivity contribution in [2.75, 3.05) is 19.8 Å². The summed E-state index contributed by atoms with van der Waals surface area (Å²) in [4.78, 5) is 0. The van der Waals surface area contributed by atoms with Crippen LogP contribution in [0.2, 0.25) is 0 Å². The minimum Gasteiger partial charge on any atom is -0.378 e. The van der Waals surface area contributed by atoms with E-state index in [9.17, 15) is 4.39 Å². The first kappa shape index (κ1) is 11.8. The number of hydrogen-bond donors (Lipinski definition) is 1. The zero-order valence-corrected chi connectivity index (χ0v) is 8.11. The van der Waals surface area contributed by atoms with E-state index in [-0.39, 0.29) is 13.2 Å². The van der Waals surface area contributed by atoms with Crippen LogP contribution in [0.15, 0.2) is 0 Å². The van der Waals surface area contributed by atoms with Crippen LogP contribution in [0.3, 0.4) is 0 Å². The van der Waals surface area contributed by atoms with Gasteiger partial charge in [0.15, 0.2) is 0 Å². The van der Waals surface area contributed by atoms with Gasteiger partial charge >= 0.3 is 0 Å². The molecule has 2 N–H and O–H groups in total. The molecule has 0 aromatic rings. The molecule has 0 aromatic carbocycles. The number of ether oxygens (including phenoxy) is 1. The van der Waals surface area contributed by atoms with Gasteiger partial charge in [-0.3, -0.25) is 0 Å². The van der Waals surface area contributed by atoms with Crippen LogP contribution in [0, 0.1) is 0 Å². The largest absolute Gasteiger partial charge is 0.378 e. The second-order valence-electron chi connectivity index (χ2n) is 3.16. The van der Waals surface area contributed by atoms with Crippen molar-refractivity contribution in [3.63, 3.8) is 0 Å². The Hall–Kier alpha value is -0.150. The van der Waals surface area contributed by atoms with E-state index < -0.39 is 5.67 Å². The molecule has 0 radical (unpaired) electrons. The Labute approximate surface area is 74.3 Å². The molecule has 74 valence electrons. The van der Waals surface area contributed by atoms with E-state index >= 15 is 0 Å². The molecule has 0 aliphatic rings. The lowest BCUT2D eigenvalue weighted by Crippen LogP contribution is -2.37. The third-order valence-corrected chi connectivity index (χ3v) is 1.77. The predicted molar refractivity (Wildman–Crippen MR) is 48.9 cm³/mol. The molecule has 1 atom stereocenters. The molecule has 2 nitrogen and oxygen atoms in total. The maximum Gasteiger partial charge on any atom is 0.146 e. The number of hydrogen-bond acceptors (Lipinski definition) is 2. The Morgan fingerprint density at radius 2 is 2.00 bits per heavy atom. The molecule has 1 unspecified atom stereocenters. The van der Waals surface area contributed by atoms with Crippen LogP contribution in [0.1, 0.15) is 33.1 Å². The first-order valence-corrected chi connectivity index (χ1v) is 4.65. The molecule has 0 saturated carbocycles. The van der Waals surface area contributed by atoms with Gasteiger partial charge in [-0.05, 0) is 12.8 Å². The highest BCUT2D eigenvalue weighted by Crippen LogP contribution is 2.17. The van der Waals surface area contributed by atoms with Crippen molar-refractivity contribution in [2.24, 2.45) is 5.73 Å². The molecule has 0 heterocycles. The Morgan fingerprint density at radius 3 is 2.42 bits per heavy atom. The molecule has 12 heavy (non-hydrogen) atoms. The summed E-state index contributed by atoms with van der Waals surface area (Å²) in [5, 5.41) is 0. The lowest BCUT2D eigenvalue weighted by molar-refractivity contribution is 0.0146. The fourth-order valence-electron chi connectivity index (χ4n) is 1.08. The predicted octanol–water partition coefficient (Wildman–Crippen LogP) is 1.88. The fraction of sp³-hybridized carbons (Fsp3) is 1.00. The molecule has 0 bridgehead atoms. The molecule has 0 aliphatic carbocycles. The first-order valence-electron chi connectivity index (χ1n) is 4.65. The van der Waals surface area contributed by atoms with Crippen LogP contribution in [0.5, 0.6) is 0 Å². The van der Waals surface area contributed by atoms with E-state index in [4.69, 9.17) is 10.5 Å². The molecule has 0 amide bonds. The minimum atomic E-state index is -1.30. The SMILES string of the molecule is CCCOCC(F)(CN)CCC.